The van der Waals surface area contributed by atoms with Crippen molar-refractivity contribution in [1.29, 1.82) is 0 Å². The molecule has 3 aromatic rings. The van der Waals surface area contributed by atoms with Crippen molar-refractivity contribution in [1.82, 2.24) is 19.5 Å². The molecule has 1 aliphatic rings. The van der Waals surface area contributed by atoms with Gasteiger partial charge in [-0.1, -0.05) is 12.1 Å². The highest BCUT2D eigenvalue weighted by Gasteiger charge is 2.13. The average molecular weight is 418 g/mol. The second kappa shape index (κ2) is 9.91. The summed E-state index contributed by atoms with van der Waals surface area (Å²) in [5, 5.41) is 8.32. The summed E-state index contributed by atoms with van der Waals surface area (Å²) in [5.41, 5.74) is 3.62. The standard InChI is InChI=1S/C21H27N5O2.ClH/c1-16-14-20(22-8-5-9-25-10-12-28-13-11-25)26-21(23-16)15-18(24-26)17-6-3-4-7-19(17)27-2;/h3-4,6-7,14-15,22H,5,8-13H2,1-2H3;1H. The number of ether oxygens (including phenoxy) is 2. The Labute approximate surface area is 177 Å². The summed E-state index contributed by atoms with van der Waals surface area (Å²) in [5.74, 6) is 1.77. The fourth-order valence-electron chi connectivity index (χ4n) is 3.56. The molecule has 0 unspecified atom stereocenters. The van der Waals surface area contributed by atoms with Gasteiger partial charge in [-0.25, -0.2) is 4.98 Å². The van der Waals surface area contributed by atoms with Crippen molar-refractivity contribution in [2.75, 3.05) is 51.8 Å². The smallest absolute Gasteiger partial charge is 0.158 e. The highest BCUT2D eigenvalue weighted by molar-refractivity contribution is 5.85. The predicted molar refractivity (Wildman–Crippen MR) is 117 cm³/mol. The third kappa shape index (κ3) is 4.98. The fraction of sp³-hybridized carbons (Fsp3) is 0.429. The molecular formula is C21H28ClN5O2. The molecule has 1 N–H and O–H groups in total. The summed E-state index contributed by atoms with van der Waals surface area (Å²) >= 11 is 0. The minimum absolute atomic E-state index is 0. The number of methoxy groups -OCH3 is 1. The zero-order chi connectivity index (χ0) is 19.3. The first-order valence-electron chi connectivity index (χ1n) is 9.79. The van der Waals surface area contributed by atoms with E-state index in [1.807, 2.05) is 47.8 Å². The molecule has 0 atom stereocenters. The molecule has 2 aromatic heterocycles. The van der Waals surface area contributed by atoms with Crippen molar-refractivity contribution in [3.63, 3.8) is 0 Å². The lowest BCUT2D eigenvalue weighted by Crippen LogP contribution is -2.37. The number of aromatic nitrogens is 3. The molecule has 1 aromatic carbocycles. The molecule has 7 nitrogen and oxygen atoms in total. The van der Waals surface area contributed by atoms with Crippen molar-refractivity contribution in [2.24, 2.45) is 0 Å². The predicted octanol–water partition coefficient (Wildman–Crippen LogP) is 3.27. The first kappa shape index (κ1) is 21.4. The van der Waals surface area contributed by atoms with Crippen molar-refractivity contribution in [3.8, 4) is 17.0 Å². The molecule has 3 heterocycles. The molecule has 8 heteroatoms. The Bertz CT molecular complexity index is 940. The number of benzene rings is 1. The number of hydrogen-bond acceptors (Lipinski definition) is 6. The maximum atomic E-state index is 5.49. The SMILES string of the molecule is COc1ccccc1-c1cc2nc(C)cc(NCCCN3CCOCC3)n2n1.Cl. The number of halogens is 1. The number of morpholine rings is 1. The minimum Gasteiger partial charge on any atom is -0.496 e. The average Bonchev–Trinajstić information content (AvgIpc) is 3.15. The number of aryl methyl sites for hydroxylation is 1. The lowest BCUT2D eigenvalue weighted by molar-refractivity contribution is 0.0378. The van der Waals surface area contributed by atoms with E-state index >= 15 is 0 Å². The molecule has 4 rings (SSSR count). The molecule has 29 heavy (non-hydrogen) atoms. The summed E-state index contributed by atoms with van der Waals surface area (Å²) < 4.78 is 12.8. The van der Waals surface area contributed by atoms with Gasteiger partial charge in [0.2, 0.25) is 0 Å². The van der Waals surface area contributed by atoms with Crippen molar-refractivity contribution in [3.05, 3.63) is 42.1 Å². The van der Waals surface area contributed by atoms with Crippen LogP contribution in [0.1, 0.15) is 12.1 Å². The molecule has 156 valence electrons. The molecule has 0 saturated carbocycles. The van der Waals surface area contributed by atoms with Gasteiger partial charge in [0.25, 0.3) is 0 Å². The van der Waals surface area contributed by atoms with E-state index in [1.54, 1.807) is 7.11 Å². The van der Waals surface area contributed by atoms with Crippen LogP contribution in [0.4, 0.5) is 5.82 Å². The van der Waals surface area contributed by atoms with Crippen LogP contribution in [0.3, 0.4) is 0 Å². The van der Waals surface area contributed by atoms with Crippen LogP contribution in [-0.4, -0.2) is 66.0 Å². The lowest BCUT2D eigenvalue weighted by atomic mass is 10.1. The van der Waals surface area contributed by atoms with Gasteiger partial charge in [0.1, 0.15) is 11.6 Å². The molecular weight excluding hydrogens is 390 g/mol. The van der Waals surface area contributed by atoms with Crippen LogP contribution in [0.5, 0.6) is 5.75 Å². The van der Waals surface area contributed by atoms with Crippen molar-refractivity contribution < 1.29 is 9.47 Å². The normalized spacial score (nSPS) is 14.6. The number of para-hydroxylation sites is 1. The molecule has 0 aliphatic carbocycles. The molecule has 1 fully saturated rings. The Balaban J connectivity index is 0.00000240. The van der Waals surface area contributed by atoms with E-state index in [9.17, 15) is 0 Å². The number of rotatable bonds is 7. The highest BCUT2D eigenvalue weighted by atomic mass is 35.5. The van der Waals surface area contributed by atoms with Crippen LogP contribution in [-0.2, 0) is 4.74 Å². The maximum absolute atomic E-state index is 5.49. The monoisotopic (exact) mass is 417 g/mol. The van der Waals surface area contributed by atoms with E-state index in [4.69, 9.17) is 14.6 Å². The summed E-state index contributed by atoms with van der Waals surface area (Å²) in [6.07, 6.45) is 1.07. The van der Waals surface area contributed by atoms with E-state index in [1.165, 1.54) is 0 Å². The van der Waals surface area contributed by atoms with Gasteiger partial charge in [-0.2, -0.15) is 9.61 Å². The first-order valence-corrected chi connectivity index (χ1v) is 9.79. The van der Waals surface area contributed by atoms with Gasteiger partial charge in [-0.3, -0.25) is 4.90 Å². The van der Waals surface area contributed by atoms with Gasteiger partial charge in [-0.15, -0.1) is 12.4 Å². The number of hydrogen-bond donors (Lipinski definition) is 1. The van der Waals surface area contributed by atoms with E-state index in [2.05, 4.69) is 15.2 Å². The molecule has 0 radical (unpaired) electrons. The Kier molecular flexibility index (Phi) is 7.30. The topological polar surface area (TPSA) is 63.9 Å². The first-order chi connectivity index (χ1) is 13.7. The fourth-order valence-corrected chi connectivity index (χ4v) is 3.56. The van der Waals surface area contributed by atoms with Gasteiger partial charge in [-0.05, 0) is 32.0 Å². The van der Waals surface area contributed by atoms with Crippen molar-refractivity contribution >= 4 is 23.9 Å². The van der Waals surface area contributed by atoms with Crippen LogP contribution >= 0.6 is 12.4 Å². The molecule has 0 bridgehead atoms. The second-order valence-corrected chi connectivity index (χ2v) is 7.02. The van der Waals surface area contributed by atoms with Crippen LogP contribution in [0.25, 0.3) is 16.9 Å². The summed E-state index contributed by atoms with van der Waals surface area (Å²) in [7, 11) is 1.68. The number of fused-ring (bicyclic) bond motifs is 1. The largest absolute Gasteiger partial charge is 0.496 e. The van der Waals surface area contributed by atoms with Gasteiger partial charge in [0.05, 0.1) is 26.0 Å². The Morgan fingerprint density at radius 3 is 2.76 bits per heavy atom. The number of nitrogens with zero attached hydrogens (tertiary/aromatic N) is 4. The van der Waals surface area contributed by atoms with Crippen LogP contribution in [0.15, 0.2) is 36.4 Å². The van der Waals surface area contributed by atoms with Crippen LogP contribution in [0.2, 0.25) is 0 Å². The van der Waals surface area contributed by atoms with E-state index in [0.717, 1.165) is 80.0 Å². The maximum Gasteiger partial charge on any atom is 0.158 e. The van der Waals surface area contributed by atoms with Crippen molar-refractivity contribution in [2.45, 2.75) is 13.3 Å². The number of nitrogens with one attached hydrogen (secondary N) is 1. The van der Waals surface area contributed by atoms with Crippen LogP contribution < -0.4 is 10.1 Å². The second-order valence-electron chi connectivity index (χ2n) is 7.02. The quantitative estimate of drug-likeness (QED) is 0.595. The number of anilines is 1. The summed E-state index contributed by atoms with van der Waals surface area (Å²) in [6.45, 7) is 7.72. The Morgan fingerprint density at radius 1 is 1.17 bits per heavy atom. The molecule has 0 amide bonds. The van der Waals surface area contributed by atoms with Gasteiger partial charge in [0, 0.05) is 43.0 Å². The lowest BCUT2D eigenvalue weighted by Gasteiger charge is -2.26. The van der Waals surface area contributed by atoms with Gasteiger partial charge in [0.15, 0.2) is 5.65 Å². The third-order valence-corrected chi connectivity index (χ3v) is 5.00. The zero-order valence-electron chi connectivity index (χ0n) is 16.9. The molecule has 1 saturated heterocycles. The molecule has 0 spiro atoms. The van der Waals surface area contributed by atoms with E-state index in [-0.39, 0.29) is 12.4 Å². The van der Waals surface area contributed by atoms with Crippen LogP contribution in [0, 0.1) is 6.92 Å². The van der Waals surface area contributed by atoms with E-state index < -0.39 is 0 Å². The zero-order valence-corrected chi connectivity index (χ0v) is 17.7. The Hall–Kier alpha value is -2.35. The Morgan fingerprint density at radius 2 is 1.97 bits per heavy atom. The minimum atomic E-state index is 0. The summed E-state index contributed by atoms with van der Waals surface area (Å²) in [4.78, 5) is 7.09. The molecule has 1 aliphatic heterocycles. The van der Waals surface area contributed by atoms with Gasteiger partial charge >= 0.3 is 0 Å². The highest BCUT2D eigenvalue weighted by Crippen LogP contribution is 2.29. The third-order valence-electron chi connectivity index (χ3n) is 5.00. The van der Waals surface area contributed by atoms with Gasteiger partial charge < -0.3 is 14.8 Å². The summed E-state index contributed by atoms with van der Waals surface area (Å²) in [6, 6.07) is 12.0. The van der Waals surface area contributed by atoms with E-state index in [0.29, 0.717) is 0 Å².